The Hall–Kier alpha value is -0.160. The molecule has 0 rings (SSSR count). The van der Waals surface area contributed by atoms with E-state index in [0.29, 0.717) is 13.2 Å². The highest BCUT2D eigenvalue weighted by Crippen LogP contribution is 2.20. The summed E-state index contributed by atoms with van der Waals surface area (Å²) in [5.74, 6) is 0. The summed E-state index contributed by atoms with van der Waals surface area (Å²) in [6.07, 6.45) is 1.84. The van der Waals surface area contributed by atoms with Crippen LogP contribution in [-0.2, 0) is 4.74 Å². The van der Waals surface area contributed by atoms with Gasteiger partial charge in [0.1, 0.15) is 0 Å². The molecular formula is C12H28N2O2. The van der Waals surface area contributed by atoms with Crippen LogP contribution < -0.4 is 5.73 Å². The second kappa shape index (κ2) is 8.01. The summed E-state index contributed by atoms with van der Waals surface area (Å²) in [5, 5.41) is 9.54. The van der Waals surface area contributed by atoms with Crippen LogP contribution in [0.15, 0.2) is 0 Å². The first-order valence-corrected chi connectivity index (χ1v) is 5.97. The Morgan fingerprint density at radius 1 is 1.44 bits per heavy atom. The van der Waals surface area contributed by atoms with Gasteiger partial charge in [0, 0.05) is 13.7 Å². The van der Waals surface area contributed by atoms with E-state index < -0.39 is 6.10 Å². The van der Waals surface area contributed by atoms with E-state index in [4.69, 9.17) is 10.5 Å². The zero-order chi connectivity index (χ0) is 12.6. The first kappa shape index (κ1) is 15.8. The van der Waals surface area contributed by atoms with Crippen LogP contribution in [0.1, 0.15) is 26.7 Å². The molecule has 0 saturated carbocycles. The highest BCUT2D eigenvalue weighted by atomic mass is 16.5. The number of hydrogen-bond acceptors (Lipinski definition) is 4. The van der Waals surface area contributed by atoms with Gasteiger partial charge in [0.25, 0.3) is 0 Å². The minimum absolute atomic E-state index is 0.228. The Balaban J connectivity index is 3.61. The van der Waals surface area contributed by atoms with Gasteiger partial charge in [-0.05, 0) is 38.4 Å². The van der Waals surface area contributed by atoms with E-state index in [2.05, 4.69) is 18.7 Å². The third-order valence-corrected chi connectivity index (χ3v) is 2.83. The molecule has 4 nitrogen and oxygen atoms in total. The molecule has 0 amide bonds. The number of hydrogen-bond donors (Lipinski definition) is 2. The lowest BCUT2D eigenvalue weighted by molar-refractivity contribution is 0.0426. The van der Waals surface area contributed by atoms with Crippen molar-refractivity contribution in [2.24, 2.45) is 11.1 Å². The molecule has 0 fully saturated rings. The number of aliphatic hydroxyl groups is 1. The summed E-state index contributed by atoms with van der Waals surface area (Å²) in [5.41, 5.74) is 5.90. The molecule has 0 aromatic carbocycles. The van der Waals surface area contributed by atoms with Crippen molar-refractivity contribution in [2.45, 2.75) is 32.8 Å². The molecule has 1 atom stereocenters. The molecule has 0 aliphatic rings. The summed E-state index contributed by atoms with van der Waals surface area (Å²) < 4.78 is 4.89. The number of aliphatic hydroxyl groups excluding tert-OH is 1. The molecule has 3 N–H and O–H groups in total. The predicted octanol–water partition coefficient (Wildman–Crippen LogP) is 0.691. The van der Waals surface area contributed by atoms with Gasteiger partial charge >= 0.3 is 0 Å². The molecule has 0 aromatic heterocycles. The molecule has 0 spiro atoms. The number of nitrogens with zero attached hydrogens (tertiary/aromatic N) is 1. The van der Waals surface area contributed by atoms with Crippen LogP contribution in [0.2, 0.25) is 0 Å². The smallest absolute Gasteiger partial charge is 0.0899 e. The average Bonchev–Trinajstić information content (AvgIpc) is 2.17. The van der Waals surface area contributed by atoms with Gasteiger partial charge in [-0.25, -0.2) is 0 Å². The van der Waals surface area contributed by atoms with Gasteiger partial charge in [0.05, 0.1) is 12.7 Å². The molecule has 1 unspecified atom stereocenters. The lowest BCUT2D eigenvalue weighted by Gasteiger charge is -2.25. The predicted molar refractivity (Wildman–Crippen MR) is 67.4 cm³/mol. The molecule has 0 saturated heterocycles. The van der Waals surface area contributed by atoms with Crippen molar-refractivity contribution in [3.05, 3.63) is 0 Å². The number of nitrogens with two attached hydrogens (primary N) is 1. The Morgan fingerprint density at radius 3 is 2.56 bits per heavy atom. The van der Waals surface area contributed by atoms with E-state index in [1.54, 1.807) is 7.11 Å². The van der Waals surface area contributed by atoms with Gasteiger partial charge in [0.15, 0.2) is 0 Å². The number of rotatable bonds is 9. The lowest BCUT2D eigenvalue weighted by Crippen LogP contribution is -2.33. The average molecular weight is 232 g/mol. The molecule has 0 radical (unpaired) electrons. The quantitative estimate of drug-likeness (QED) is 0.614. The molecule has 0 heterocycles. The maximum atomic E-state index is 9.54. The van der Waals surface area contributed by atoms with Gasteiger partial charge in [0.2, 0.25) is 0 Å². The van der Waals surface area contributed by atoms with Gasteiger partial charge in [-0.15, -0.1) is 0 Å². The molecule has 0 aliphatic carbocycles. The number of methoxy groups -OCH3 is 1. The third-order valence-electron chi connectivity index (χ3n) is 2.83. The third kappa shape index (κ3) is 8.05. The second-order valence-electron chi connectivity index (χ2n) is 5.34. The van der Waals surface area contributed by atoms with Gasteiger partial charge < -0.3 is 20.5 Å². The van der Waals surface area contributed by atoms with Crippen molar-refractivity contribution < 1.29 is 9.84 Å². The maximum absolute atomic E-state index is 9.54. The van der Waals surface area contributed by atoms with Crippen LogP contribution in [-0.4, -0.2) is 56.5 Å². The zero-order valence-electron chi connectivity index (χ0n) is 11.2. The fourth-order valence-electron chi connectivity index (χ4n) is 1.63. The Bertz CT molecular complexity index is 174. The monoisotopic (exact) mass is 232 g/mol. The van der Waals surface area contributed by atoms with E-state index in [1.165, 1.54) is 0 Å². The minimum Gasteiger partial charge on any atom is -0.389 e. The van der Waals surface area contributed by atoms with E-state index >= 15 is 0 Å². The Labute approximate surface area is 99.8 Å². The first-order valence-electron chi connectivity index (χ1n) is 5.97. The summed E-state index contributed by atoms with van der Waals surface area (Å²) in [6, 6.07) is 0. The summed E-state index contributed by atoms with van der Waals surface area (Å²) in [4.78, 5) is 2.14. The molecule has 16 heavy (non-hydrogen) atoms. The summed E-state index contributed by atoms with van der Waals surface area (Å²) in [7, 11) is 3.63. The summed E-state index contributed by atoms with van der Waals surface area (Å²) in [6.45, 7) is 7.16. The number of likely N-dealkylation sites (N-methyl/N-ethyl adjacent to an activating group) is 1. The maximum Gasteiger partial charge on any atom is 0.0899 e. The van der Waals surface area contributed by atoms with Crippen LogP contribution in [0, 0.1) is 5.41 Å². The minimum atomic E-state index is -0.391. The fraction of sp³-hybridized carbons (Fsp3) is 1.00. The largest absolute Gasteiger partial charge is 0.389 e. The van der Waals surface area contributed by atoms with Crippen LogP contribution in [0.25, 0.3) is 0 Å². The van der Waals surface area contributed by atoms with Crippen molar-refractivity contribution in [1.29, 1.82) is 0 Å². The highest BCUT2D eigenvalue weighted by molar-refractivity contribution is 4.70. The van der Waals surface area contributed by atoms with E-state index in [0.717, 1.165) is 25.9 Å². The van der Waals surface area contributed by atoms with Gasteiger partial charge in [-0.2, -0.15) is 0 Å². The van der Waals surface area contributed by atoms with Crippen LogP contribution in [0.3, 0.4) is 0 Å². The molecule has 0 bridgehead atoms. The van der Waals surface area contributed by atoms with Crippen molar-refractivity contribution in [2.75, 3.05) is 40.4 Å². The van der Waals surface area contributed by atoms with E-state index in [1.807, 2.05) is 7.05 Å². The molecule has 98 valence electrons. The van der Waals surface area contributed by atoms with Crippen molar-refractivity contribution in [3.8, 4) is 0 Å². The van der Waals surface area contributed by atoms with Crippen molar-refractivity contribution in [3.63, 3.8) is 0 Å². The first-order chi connectivity index (χ1) is 7.41. The molecule has 4 heteroatoms. The van der Waals surface area contributed by atoms with Gasteiger partial charge in [-0.3, -0.25) is 0 Å². The summed E-state index contributed by atoms with van der Waals surface area (Å²) >= 11 is 0. The second-order valence-corrected chi connectivity index (χ2v) is 5.34. The SMILES string of the molecule is COCC(O)CN(C)CCCC(C)(C)CN. The van der Waals surface area contributed by atoms with Crippen LogP contribution >= 0.6 is 0 Å². The molecule has 0 aliphatic heterocycles. The standard InChI is InChI=1S/C12H28N2O2/c1-12(2,10-13)6-5-7-14(3)8-11(15)9-16-4/h11,15H,5-10,13H2,1-4H3. The lowest BCUT2D eigenvalue weighted by atomic mass is 9.88. The van der Waals surface area contributed by atoms with Crippen molar-refractivity contribution in [1.82, 2.24) is 4.90 Å². The van der Waals surface area contributed by atoms with E-state index in [-0.39, 0.29) is 5.41 Å². The fourth-order valence-corrected chi connectivity index (χ4v) is 1.63. The Kier molecular flexibility index (Phi) is 7.93. The molecule has 0 aromatic rings. The molecular weight excluding hydrogens is 204 g/mol. The Morgan fingerprint density at radius 2 is 2.06 bits per heavy atom. The van der Waals surface area contributed by atoms with Crippen LogP contribution in [0.5, 0.6) is 0 Å². The highest BCUT2D eigenvalue weighted by Gasteiger charge is 2.15. The van der Waals surface area contributed by atoms with Crippen LogP contribution in [0.4, 0.5) is 0 Å². The zero-order valence-corrected chi connectivity index (χ0v) is 11.2. The van der Waals surface area contributed by atoms with Gasteiger partial charge in [-0.1, -0.05) is 13.8 Å². The topological polar surface area (TPSA) is 58.7 Å². The normalized spacial score (nSPS) is 14.4. The van der Waals surface area contributed by atoms with Crippen molar-refractivity contribution >= 4 is 0 Å². The van der Waals surface area contributed by atoms with E-state index in [9.17, 15) is 5.11 Å². The number of ether oxygens (including phenoxy) is 1.